The smallest absolute Gasteiger partial charge is 0.137 e. The Hall–Kier alpha value is -0.740. The van der Waals surface area contributed by atoms with Gasteiger partial charge in [-0.05, 0) is 19.4 Å². The van der Waals surface area contributed by atoms with Crippen molar-refractivity contribution in [3.8, 4) is 0 Å². The van der Waals surface area contributed by atoms with E-state index < -0.39 is 0 Å². The molecule has 1 aliphatic rings. The van der Waals surface area contributed by atoms with Crippen molar-refractivity contribution in [2.45, 2.75) is 31.4 Å². The van der Waals surface area contributed by atoms with Gasteiger partial charge in [0.15, 0.2) is 0 Å². The minimum atomic E-state index is -0.345. The molecule has 1 rings (SSSR count). The maximum atomic E-state index is 10.6. The maximum Gasteiger partial charge on any atom is 0.137 e. The second kappa shape index (κ2) is 5.09. The molecule has 1 N–H and O–H groups in total. The van der Waals surface area contributed by atoms with Gasteiger partial charge in [-0.2, -0.15) is 0 Å². The molecule has 1 heterocycles. The van der Waals surface area contributed by atoms with Crippen LogP contribution in [0.25, 0.3) is 0 Å². The van der Waals surface area contributed by atoms with E-state index in [0.717, 1.165) is 32.0 Å². The van der Waals surface area contributed by atoms with E-state index in [4.69, 9.17) is 0 Å². The fourth-order valence-electron chi connectivity index (χ4n) is 1.67. The number of nitrogens with zero attached hydrogens (tertiary/aromatic N) is 1. The number of likely N-dealkylation sites (tertiary alicyclic amines) is 1. The first-order valence-corrected chi connectivity index (χ1v) is 4.59. The third-order valence-electron chi connectivity index (χ3n) is 2.39. The monoisotopic (exact) mass is 185 g/mol. The molecular weight excluding hydrogens is 170 g/mol. The minimum Gasteiger partial charge on any atom is -0.392 e. The first kappa shape index (κ1) is 10.3. The van der Waals surface area contributed by atoms with Crippen LogP contribution < -0.4 is 0 Å². The summed E-state index contributed by atoms with van der Waals surface area (Å²) >= 11 is 0. The molecule has 0 saturated carbocycles. The number of hydrogen-bond acceptors (Lipinski definition) is 4. The molecule has 1 aliphatic heterocycles. The molecule has 1 fully saturated rings. The molecule has 2 unspecified atom stereocenters. The van der Waals surface area contributed by atoms with Crippen molar-refractivity contribution >= 4 is 12.6 Å². The van der Waals surface area contributed by atoms with Gasteiger partial charge in [-0.25, -0.2) is 0 Å². The Morgan fingerprint density at radius 3 is 2.85 bits per heavy atom. The van der Waals surface area contributed by atoms with Gasteiger partial charge in [-0.15, -0.1) is 0 Å². The van der Waals surface area contributed by atoms with Crippen LogP contribution in [0, 0.1) is 0 Å². The van der Waals surface area contributed by atoms with Crippen LogP contribution in [0.1, 0.15) is 19.3 Å². The molecule has 0 radical (unpaired) electrons. The van der Waals surface area contributed by atoms with Crippen molar-refractivity contribution in [3.05, 3.63) is 0 Å². The van der Waals surface area contributed by atoms with Gasteiger partial charge in [-0.1, -0.05) is 0 Å². The Morgan fingerprint density at radius 2 is 2.31 bits per heavy atom. The highest BCUT2D eigenvalue weighted by Crippen LogP contribution is 2.13. The molecule has 0 aromatic carbocycles. The van der Waals surface area contributed by atoms with E-state index in [9.17, 15) is 14.7 Å². The maximum absolute atomic E-state index is 10.6. The van der Waals surface area contributed by atoms with Gasteiger partial charge in [0.25, 0.3) is 0 Å². The van der Waals surface area contributed by atoms with Crippen molar-refractivity contribution in [1.29, 1.82) is 0 Å². The van der Waals surface area contributed by atoms with Gasteiger partial charge >= 0.3 is 0 Å². The lowest BCUT2D eigenvalue weighted by Gasteiger charge is -2.33. The van der Waals surface area contributed by atoms with E-state index >= 15 is 0 Å². The fraction of sp³-hybridized carbons (Fsp3) is 0.778. The lowest BCUT2D eigenvalue weighted by molar-refractivity contribution is -0.118. The number of aliphatic hydroxyl groups excluding tert-OH is 1. The molecule has 0 amide bonds. The van der Waals surface area contributed by atoms with Gasteiger partial charge in [0.1, 0.15) is 12.6 Å². The van der Waals surface area contributed by atoms with Crippen LogP contribution in [0.2, 0.25) is 0 Å². The second-order valence-electron chi connectivity index (χ2n) is 3.40. The average Bonchev–Trinajstić information content (AvgIpc) is 2.14. The molecule has 2 atom stereocenters. The predicted octanol–water partition coefficient (Wildman–Crippen LogP) is -0.400. The van der Waals surface area contributed by atoms with E-state index in [1.807, 2.05) is 4.90 Å². The Labute approximate surface area is 77.5 Å². The SMILES string of the molecule is O=CCC(C=O)N1CCCC(O)C1. The first-order chi connectivity index (χ1) is 6.27. The number of aliphatic hydroxyl groups is 1. The summed E-state index contributed by atoms with van der Waals surface area (Å²) in [6.45, 7) is 1.31. The highest BCUT2D eigenvalue weighted by atomic mass is 16.3. The molecule has 0 aromatic heterocycles. The highest BCUT2D eigenvalue weighted by Gasteiger charge is 2.23. The largest absolute Gasteiger partial charge is 0.392 e. The van der Waals surface area contributed by atoms with Crippen molar-refractivity contribution in [3.63, 3.8) is 0 Å². The Kier molecular flexibility index (Phi) is 4.05. The number of carbonyl (C=O) groups is 2. The molecule has 74 valence electrons. The lowest BCUT2D eigenvalue weighted by Crippen LogP contribution is -2.45. The van der Waals surface area contributed by atoms with Crippen LogP contribution in [0.4, 0.5) is 0 Å². The van der Waals surface area contributed by atoms with Gasteiger partial charge in [0, 0.05) is 13.0 Å². The number of aldehydes is 2. The number of rotatable bonds is 4. The van der Waals surface area contributed by atoms with Crippen LogP contribution in [-0.4, -0.2) is 47.8 Å². The predicted molar refractivity (Wildman–Crippen MR) is 47.3 cm³/mol. The standard InChI is InChI=1S/C9H15NO3/c11-5-3-8(7-12)10-4-1-2-9(13)6-10/h5,7-9,13H,1-4,6H2. The van der Waals surface area contributed by atoms with Crippen molar-refractivity contribution in [2.75, 3.05) is 13.1 Å². The third-order valence-corrected chi connectivity index (χ3v) is 2.39. The van der Waals surface area contributed by atoms with Gasteiger partial charge in [0.05, 0.1) is 12.1 Å². The Balaban J connectivity index is 2.46. The van der Waals surface area contributed by atoms with E-state index in [2.05, 4.69) is 0 Å². The summed E-state index contributed by atoms with van der Waals surface area (Å²) in [4.78, 5) is 22.7. The second-order valence-corrected chi connectivity index (χ2v) is 3.40. The summed E-state index contributed by atoms with van der Waals surface area (Å²) < 4.78 is 0. The normalized spacial score (nSPS) is 26.7. The Bertz CT molecular complexity index is 184. The zero-order valence-corrected chi connectivity index (χ0v) is 7.56. The zero-order valence-electron chi connectivity index (χ0n) is 7.56. The van der Waals surface area contributed by atoms with Gasteiger partial charge in [-0.3, -0.25) is 4.90 Å². The molecule has 0 aromatic rings. The van der Waals surface area contributed by atoms with Crippen LogP contribution >= 0.6 is 0 Å². The van der Waals surface area contributed by atoms with E-state index in [1.54, 1.807) is 0 Å². The van der Waals surface area contributed by atoms with E-state index in [0.29, 0.717) is 6.54 Å². The summed E-state index contributed by atoms with van der Waals surface area (Å²) in [6.07, 6.45) is 3.11. The zero-order chi connectivity index (χ0) is 9.68. The molecule has 0 aliphatic carbocycles. The van der Waals surface area contributed by atoms with Crippen LogP contribution in [-0.2, 0) is 9.59 Å². The topological polar surface area (TPSA) is 57.6 Å². The third kappa shape index (κ3) is 2.90. The summed E-state index contributed by atoms with van der Waals surface area (Å²) in [5.41, 5.74) is 0. The highest BCUT2D eigenvalue weighted by molar-refractivity contribution is 5.65. The minimum absolute atomic E-state index is 0.232. The van der Waals surface area contributed by atoms with Crippen molar-refractivity contribution in [2.24, 2.45) is 0 Å². The summed E-state index contributed by atoms with van der Waals surface area (Å²) in [5.74, 6) is 0. The summed E-state index contributed by atoms with van der Waals surface area (Å²) in [6, 6.07) is -0.340. The first-order valence-electron chi connectivity index (χ1n) is 4.59. The number of hydrogen-bond donors (Lipinski definition) is 1. The number of β-amino-alcohol motifs (C(OH)–C–C–N with tert-alkyl or cyclic N) is 1. The van der Waals surface area contributed by atoms with Crippen LogP contribution in [0.3, 0.4) is 0 Å². The Morgan fingerprint density at radius 1 is 1.54 bits per heavy atom. The van der Waals surface area contributed by atoms with E-state index in [1.165, 1.54) is 0 Å². The van der Waals surface area contributed by atoms with Crippen LogP contribution in [0.15, 0.2) is 0 Å². The molecule has 0 bridgehead atoms. The van der Waals surface area contributed by atoms with Crippen molar-refractivity contribution in [1.82, 2.24) is 4.90 Å². The quantitative estimate of drug-likeness (QED) is 0.605. The summed E-state index contributed by atoms with van der Waals surface area (Å²) in [5, 5.41) is 9.35. The molecule has 1 saturated heterocycles. The van der Waals surface area contributed by atoms with Crippen molar-refractivity contribution < 1.29 is 14.7 Å². The molecular formula is C9H15NO3. The molecule has 0 spiro atoms. The molecule has 4 nitrogen and oxygen atoms in total. The fourth-order valence-corrected chi connectivity index (χ4v) is 1.67. The summed E-state index contributed by atoms with van der Waals surface area (Å²) in [7, 11) is 0. The lowest BCUT2D eigenvalue weighted by atomic mass is 10.1. The average molecular weight is 185 g/mol. The van der Waals surface area contributed by atoms with E-state index in [-0.39, 0.29) is 18.6 Å². The van der Waals surface area contributed by atoms with Gasteiger partial charge < -0.3 is 14.7 Å². The van der Waals surface area contributed by atoms with Crippen LogP contribution in [0.5, 0.6) is 0 Å². The molecule has 4 heteroatoms. The molecule has 13 heavy (non-hydrogen) atoms. The number of carbonyl (C=O) groups excluding carboxylic acids is 2. The number of piperidine rings is 1. The van der Waals surface area contributed by atoms with Gasteiger partial charge in [0.2, 0.25) is 0 Å².